The van der Waals surface area contributed by atoms with Crippen LogP contribution < -0.4 is 15.5 Å². The number of rotatable bonds is 7. The van der Waals surface area contributed by atoms with E-state index in [-0.39, 0.29) is 50.7 Å². The molecule has 0 atom stereocenters. The largest absolute Gasteiger partial charge is 0.541 e. The van der Waals surface area contributed by atoms with Crippen molar-refractivity contribution >= 4 is 30.1 Å². The molecule has 0 aliphatic carbocycles. The quantitative estimate of drug-likeness (QED) is 0.277. The summed E-state index contributed by atoms with van der Waals surface area (Å²) < 4.78 is 21.4. The van der Waals surface area contributed by atoms with E-state index in [2.05, 4.69) is 61.8 Å². The molecule has 4 rings (SSSR count). The zero-order valence-electron chi connectivity index (χ0n) is 21.2. The smallest absolute Gasteiger partial charge is 0.277 e. The molecule has 2 N–H and O–H groups in total. The van der Waals surface area contributed by atoms with Crippen LogP contribution in [-0.2, 0) is 6.54 Å². The minimum Gasteiger partial charge on any atom is -0.541 e. The Morgan fingerprint density at radius 3 is 2.19 bits per heavy atom. The van der Waals surface area contributed by atoms with E-state index in [4.69, 9.17) is 4.43 Å². The highest BCUT2D eigenvalue weighted by molar-refractivity contribution is 6.78. The van der Waals surface area contributed by atoms with Gasteiger partial charge in [0.1, 0.15) is 34.2 Å². The monoisotopic (exact) mass is 511 g/mol. The van der Waals surface area contributed by atoms with Gasteiger partial charge in [0.15, 0.2) is 11.3 Å². The normalized spacial score (nSPS) is 12.4. The van der Waals surface area contributed by atoms with E-state index >= 15 is 0 Å². The third-order valence-corrected chi connectivity index (χ3v) is 12.9. The molecule has 0 saturated heterocycles. The number of aromatic hydroxyl groups is 1. The van der Waals surface area contributed by atoms with Crippen molar-refractivity contribution in [1.82, 2.24) is 25.0 Å². The average molecular weight is 512 g/mol. The second-order valence-corrected chi connectivity index (χ2v) is 15.3. The summed E-state index contributed by atoms with van der Waals surface area (Å²) in [6, 6.07) is 5.63. The summed E-state index contributed by atoms with van der Waals surface area (Å²) in [5, 5.41) is 21.0. The first-order valence-corrected chi connectivity index (χ1v) is 14.1. The molecular formula is C25H30FN5O4Si. The number of phenolic OH excluding ortho intramolecular Hbond substituents is 1. The lowest BCUT2D eigenvalue weighted by Gasteiger charge is -2.42. The number of aromatic amines is 1. The van der Waals surface area contributed by atoms with Gasteiger partial charge in [0.25, 0.3) is 19.4 Å². The van der Waals surface area contributed by atoms with E-state index in [1.807, 2.05) is 0 Å². The summed E-state index contributed by atoms with van der Waals surface area (Å²) in [7, 11) is -2.63. The van der Waals surface area contributed by atoms with E-state index in [0.717, 1.165) is 4.68 Å². The van der Waals surface area contributed by atoms with E-state index in [9.17, 15) is 19.1 Å². The molecule has 0 spiro atoms. The number of phenols is 1. The average Bonchev–Trinajstić information content (AvgIpc) is 2.82. The maximum atomic E-state index is 13.8. The Labute approximate surface area is 208 Å². The Balaban J connectivity index is 2.10. The van der Waals surface area contributed by atoms with Crippen LogP contribution in [0.25, 0.3) is 21.8 Å². The van der Waals surface area contributed by atoms with Crippen LogP contribution in [0.3, 0.4) is 0 Å². The Hall–Kier alpha value is -3.60. The van der Waals surface area contributed by atoms with E-state index in [0.29, 0.717) is 5.56 Å². The second-order valence-electron chi connectivity index (χ2n) is 9.96. The molecule has 190 valence electrons. The minimum absolute atomic E-state index is 0.00826. The van der Waals surface area contributed by atoms with Crippen molar-refractivity contribution in [2.75, 3.05) is 0 Å². The highest BCUT2D eigenvalue weighted by Gasteiger charge is 2.48. The van der Waals surface area contributed by atoms with Crippen LogP contribution in [0.15, 0.2) is 40.2 Å². The molecule has 0 fully saturated rings. The molecule has 4 aromatic rings. The zero-order valence-corrected chi connectivity index (χ0v) is 22.2. The fourth-order valence-corrected chi connectivity index (χ4v) is 10.6. The number of halogens is 1. The molecule has 0 aliphatic rings. The molecule has 2 aromatic heterocycles. The van der Waals surface area contributed by atoms with Crippen LogP contribution in [0.2, 0.25) is 16.6 Å². The maximum absolute atomic E-state index is 13.8. The number of H-pyrrole nitrogens is 1. The van der Waals surface area contributed by atoms with Crippen LogP contribution in [0, 0.1) is 5.82 Å². The van der Waals surface area contributed by atoms with E-state index in [1.165, 1.54) is 30.6 Å². The van der Waals surface area contributed by atoms with Crippen LogP contribution in [0.4, 0.5) is 4.39 Å². The molecule has 36 heavy (non-hydrogen) atoms. The summed E-state index contributed by atoms with van der Waals surface area (Å²) in [6.07, 6.45) is 1.22. The fraction of sp³-hybridized carbons (Fsp3) is 0.400. The molecule has 11 heteroatoms. The van der Waals surface area contributed by atoms with Gasteiger partial charge in [0, 0.05) is 0 Å². The topological polar surface area (TPSA) is 123 Å². The lowest BCUT2D eigenvalue weighted by Crippen LogP contribution is -2.51. The maximum Gasteiger partial charge on any atom is 0.277 e. The highest BCUT2D eigenvalue weighted by atomic mass is 28.4. The summed E-state index contributed by atoms with van der Waals surface area (Å²) >= 11 is 0. The van der Waals surface area contributed by atoms with Crippen molar-refractivity contribution < 1.29 is 13.9 Å². The van der Waals surface area contributed by atoms with Crippen LogP contribution in [-0.4, -0.2) is 38.4 Å². The standard InChI is InChI=1S/C25H30FN5O4Si/c1-13(2)36(14(3)4,15(5)6)35-23-19-18(22(32)20-21(23)27-12-28-29-20)24(33)30-31(25(19)34)11-16-7-9-17(26)10-8-16/h7-10,12-15,32H,11H2,1-6H3,(H,30,33). The van der Waals surface area contributed by atoms with Crippen molar-refractivity contribution in [3.8, 4) is 11.5 Å². The number of nitrogens with one attached hydrogen (secondary N) is 1. The Morgan fingerprint density at radius 1 is 1.00 bits per heavy atom. The first kappa shape index (κ1) is 25.5. The summed E-state index contributed by atoms with van der Waals surface area (Å²) in [4.78, 5) is 31.4. The SMILES string of the molecule is CC(C)[Si](Oc1c2ncnnc2c(O)c2c(=O)[nH]n(Cc3ccc(F)cc3)c(=O)c12)(C(C)C)C(C)C. The predicted octanol–water partition coefficient (Wildman–Crippen LogP) is 4.48. The van der Waals surface area contributed by atoms with Crippen LogP contribution in [0.1, 0.15) is 47.1 Å². The number of hydrogen-bond acceptors (Lipinski definition) is 7. The number of aromatic nitrogens is 5. The second kappa shape index (κ2) is 9.45. The van der Waals surface area contributed by atoms with Crippen LogP contribution in [0.5, 0.6) is 11.5 Å². The Bertz CT molecular complexity index is 1530. The Kier molecular flexibility index (Phi) is 6.69. The molecule has 2 heterocycles. The van der Waals surface area contributed by atoms with Gasteiger partial charge in [-0.1, -0.05) is 53.7 Å². The molecule has 9 nitrogen and oxygen atoms in total. The molecule has 0 bridgehead atoms. The van der Waals surface area contributed by atoms with Gasteiger partial charge < -0.3 is 9.53 Å². The van der Waals surface area contributed by atoms with Crippen molar-refractivity contribution in [1.29, 1.82) is 0 Å². The summed E-state index contributed by atoms with van der Waals surface area (Å²) in [5.74, 6) is -0.750. The van der Waals surface area contributed by atoms with Gasteiger partial charge in [-0.3, -0.25) is 14.7 Å². The third kappa shape index (κ3) is 4.06. The number of benzene rings is 2. The van der Waals surface area contributed by atoms with Gasteiger partial charge in [-0.25, -0.2) is 14.1 Å². The molecule has 2 aromatic carbocycles. The predicted molar refractivity (Wildman–Crippen MR) is 139 cm³/mol. The molecule has 0 unspecified atom stereocenters. The molecule has 0 aliphatic heterocycles. The van der Waals surface area contributed by atoms with Crippen molar-refractivity contribution in [3.63, 3.8) is 0 Å². The van der Waals surface area contributed by atoms with Crippen molar-refractivity contribution in [2.45, 2.75) is 64.7 Å². The van der Waals surface area contributed by atoms with Gasteiger partial charge >= 0.3 is 0 Å². The van der Waals surface area contributed by atoms with Gasteiger partial charge in [0.05, 0.1) is 6.54 Å². The van der Waals surface area contributed by atoms with Gasteiger partial charge in [-0.05, 0) is 34.3 Å². The molecular weight excluding hydrogens is 481 g/mol. The minimum atomic E-state index is -2.63. The fourth-order valence-electron chi connectivity index (χ4n) is 5.37. The third-order valence-electron chi connectivity index (χ3n) is 6.94. The van der Waals surface area contributed by atoms with Gasteiger partial charge in [-0.2, -0.15) is 0 Å². The number of hydrogen-bond donors (Lipinski definition) is 2. The lowest BCUT2D eigenvalue weighted by atomic mass is 10.1. The van der Waals surface area contributed by atoms with Crippen LogP contribution >= 0.6 is 0 Å². The lowest BCUT2D eigenvalue weighted by molar-refractivity contribution is 0.476. The highest BCUT2D eigenvalue weighted by Crippen LogP contribution is 2.46. The van der Waals surface area contributed by atoms with E-state index < -0.39 is 31.0 Å². The molecule has 0 amide bonds. The number of fused-ring (bicyclic) bond motifs is 2. The van der Waals surface area contributed by atoms with Crippen molar-refractivity contribution in [3.05, 3.63) is 62.7 Å². The zero-order chi connectivity index (χ0) is 26.4. The van der Waals surface area contributed by atoms with E-state index in [1.54, 1.807) is 0 Å². The number of nitrogens with zero attached hydrogens (tertiary/aromatic N) is 4. The van der Waals surface area contributed by atoms with Gasteiger partial charge in [-0.15, -0.1) is 10.2 Å². The summed E-state index contributed by atoms with van der Waals surface area (Å²) in [6.45, 7) is 12.6. The first-order chi connectivity index (χ1) is 17.0. The first-order valence-electron chi connectivity index (χ1n) is 11.9. The molecule has 0 radical (unpaired) electrons. The summed E-state index contributed by atoms with van der Waals surface area (Å²) in [5.41, 5.74) is -0.00390. The molecule has 0 saturated carbocycles. The van der Waals surface area contributed by atoms with Crippen molar-refractivity contribution in [2.24, 2.45) is 0 Å². The van der Waals surface area contributed by atoms with Gasteiger partial charge in [0.2, 0.25) is 0 Å². The Morgan fingerprint density at radius 2 is 1.61 bits per heavy atom.